The molecule has 3 aliphatic carbocycles. The summed E-state index contributed by atoms with van der Waals surface area (Å²) in [7, 11) is 0. The Balaban J connectivity index is 1.51. The molecule has 2 unspecified atom stereocenters. The molecule has 3 saturated carbocycles. The number of alkyl halides is 2. The fourth-order valence-corrected chi connectivity index (χ4v) is 7.04. The maximum Gasteiger partial charge on any atom is 0.248 e. The summed E-state index contributed by atoms with van der Waals surface area (Å²) >= 11 is 18.9. The molecule has 4 fully saturated rings. The van der Waals surface area contributed by atoms with Crippen molar-refractivity contribution in [2.45, 2.75) is 86.4 Å². The average Bonchev–Trinajstić information content (AvgIpc) is 3.10. The molecule has 8 nitrogen and oxygen atoms in total. The molecule has 186 valence electrons. The Hall–Kier alpha value is -0.800. The van der Waals surface area contributed by atoms with Gasteiger partial charge in [0.2, 0.25) is 17.7 Å². The minimum atomic E-state index is -1.51. The first-order valence-electron chi connectivity index (χ1n) is 12.0. The molecule has 1 aliphatic heterocycles. The molecule has 0 aromatic carbocycles. The number of carbonyl (C=O) groups excluding carboxylic acids is 3. The molecular weight excluding hydrogens is 491 g/mol. The maximum atomic E-state index is 13.5. The number of halogens is 3. The smallest absolute Gasteiger partial charge is 0.248 e. The lowest BCUT2D eigenvalue weighted by Gasteiger charge is -2.36. The normalized spacial score (nSPS) is 31.8. The highest BCUT2D eigenvalue weighted by atomic mass is 35.5. The van der Waals surface area contributed by atoms with Crippen molar-refractivity contribution < 1.29 is 19.5 Å². The third-order valence-corrected chi connectivity index (χ3v) is 9.50. The Bertz CT molecular complexity index is 775. The third-order valence-electron chi connectivity index (χ3n) is 8.20. The number of aliphatic hydroxyl groups excluding tert-OH is 1. The van der Waals surface area contributed by atoms with Crippen molar-refractivity contribution in [3.8, 4) is 0 Å². The summed E-state index contributed by atoms with van der Waals surface area (Å²) in [4.78, 5) is 42.8. The largest absolute Gasteiger partial charge is 0.381 e. The predicted octanol–water partition coefficient (Wildman–Crippen LogP) is 1.83. The monoisotopic (exact) mass is 522 g/mol. The van der Waals surface area contributed by atoms with Crippen LogP contribution in [0.5, 0.6) is 0 Å². The highest BCUT2D eigenvalue weighted by molar-refractivity contribution is 6.51. The van der Waals surface area contributed by atoms with E-state index >= 15 is 0 Å². The maximum absolute atomic E-state index is 13.5. The molecule has 3 amide bonds. The molecule has 5 N–H and O–H groups in total. The van der Waals surface area contributed by atoms with Gasteiger partial charge in [-0.25, -0.2) is 4.84 Å². The summed E-state index contributed by atoms with van der Waals surface area (Å²) in [5, 5.41) is 13.1. The SMILES string of the molecule is NC(=O)C(O)C(CC1CCC1)NC(=O)[C@@H]1[C@@H]2[C@H](CN1C(=O)[C@@H](NCl)C1CCCCC1)C2(Cl)Cl. The summed E-state index contributed by atoms with van der Waals surface area (Å²) in [6, 6.07) is -2.31. The van der Waals surface area contributed by atoms with Crippen LogP contribution < -0.4 is 15.9 Å². The van der Waals surface area contributed by atoms with Gasteiger partial charge >= 0.3 is 0 Å². The molecule has 1 heterocycles. The molecule has 0 aromatic rings. The number of nitrogens with two attached hydrogens (primary N) is 1. The van der Waals surface area contributed by atoms with Crippen molar-refractivity contribution in [2.75, 3.05) is 6.54 Å². The van der Waals surface area contributed by atoms with Crippen molar-refractivity contribution in [3.05, 3.63) is 0 Å². The lowest BCUT2D eigenvalue weighted by molar-refractivity contribution is -0.143. The predicted molar refractivity (Wildman–Crippen MR) is 125 cm³/mol. The van der Waals surface area contributed by atoms with E-state index in [1.54, 1.807) is 0 Å². The first-order valence-corrected chi connectivity index (χ1v) is 13.1. The van der Waals surface area contributed by atoms with E-state index in [1.807, 2.05) is 0 Å². The van der Waals surface area contributed by atoms with Crippen LogP contribution in [0.2, 0.25) is 0 Å². The fraction of sp³-hybridized carbons (Fsp3) is 0.864. The molecule has 6 atom stereocenters. The average molecular weight is 524 g/mol. The Labute approximate surface area is 209 Å². The minimum absolute atomic E-state index is 0.101. The van der Waals surface area contributed by atoms with Gasteiger partial charge < -0.3 is 21.1 Å². The summed E-state index contributed by atoms with van der Waals surface area (Å²) < 4.78 is -1.08. The van der Waals surface area contributed by atoms with Gasteiger partial charge in [0.25, 0.3) is 0 Å². The number of amides is 3. The standard InChI is InChI=1S/C22H33Cl3N4O4/c23-22(24)13-10-29(21(33)16(28-25)12-7-2-1-3-8-12)17(15(13)22)20(32)27-14(18(30)19(26)31)9-11-5-4-6-11/h11-18,28,30H,1-10H2,(H2,26,31)(H,27,32)/t13-,14?,15-,16-,17-,18?/m0/s1. The first kappa shape index (κ1) is 25.3. The van der Waals surface area contributed by atoms with Crippen molar-refractivity contribution in [2.24, 2.45) is 29.4 Å². The van der Waals surface area contributed by atoms with Crippen LogP contribution in [0.15, 0.2) is 0 Å². The molecule has 0 bridgehead atoms. The van der Waals surface area contributed by atoms with Crippen LogP contribution in [0.4, 0.5) is 0 Å². The molecule has 4 aliphatic rings. The second-order valence-corrected chi connectivity index (χ2v) is 11.9. The molecule has 0 aromatic heterocycles. The minimum Gasteiger partial charge on any atom is -0.381 e. The lowest BCUT2D eigenvalue weighted by Crippen LogP contribution is -2.59. The van der Waals surface area contributed by atoms with Crippen LogP contribution >= 0.6 is 35.0 Å². The van der Waals surface area contributed by atoms with Crippen LogP contribution in [0.1, 0.15) is 57.8 Å². The second kappa shape index (κ2) is 10.1. The van der Waals surface area contributed by atoms with Gasteiger partial charge in [-0.05, 0) is 42.9 Å². The number of hydrogen-bond acceptors (Lipinski definition) is 5. The molecule has 11 heteroatoms. The van der Waals surface area contributed by atoms with Gasteiger partial charge in [-0.3, -0.25) is 14.4 Å². The lowest BCUT2D eigenvalue weighted by atomic mass is 9.79. The molecule has 0 spiro atoms. The van der Waals surface area contributed by atoms with Crippen LogP contribution in [-0.2, 0) is 14.4 Å². The van der Waals surface area contributed by atoms with Gasteiger partial charge in [0.1, 0.15) is 16.4 Å². The number of rotatable bonds is 9. The van der Waals surface area contributed by atoms with E-state index in [9.17, 15) is 19.5 Å². The van der Waals surface area contributed by atoms with Crippen molar-refractivity contribution in [1.29, 1.82) is 0 Å². The zero-order valence-electron chi connectivity index (χ0n) is 18.5. The molecule has 4 rings (SSSR count). The van der Waals surface area contributed by atoms with Gasteiger partial charge in [-0.2, -0.15) is 0 Å². The number of piperidine rings is 1. The van der Waals surface area contributed by atoms with E-state index in [0.717, 1.165) is 51.4 Å². The Morgan fingerprint density at radius 2 is 1.76 bits per heavy atom. The van der Waals surface area contributed by atoms with E-state index in [-0.39, 0.29) is 24.3 Å². The number of nitrogens with zero attached hydrogens (tertiary/aromatic N) is 1. The van der Waals surface area contributed by atoms with E-state index in [4.69, 9.17) is 40.7 Å². The zero-order chi connectivity index (χ0) is 23.9. The van der Waals surface area contributed by atoms with E-state index < -0.39 is 46.3 Å². The Morgan fingerprint density at radius 1 is 1.09 bits per heavy atom. The second-order valence-electron chi connectivity index (χ2n) is 10.2. The van der Waals surface area contributed by atoms with Gasteiger partial charge in [0.15, 0.2) is 6.10 Å². The van der Waals surface area contributed by atoms with Crippen LogP contribution in [0.3, 0.4) is 0 Å². The summed E-state index contributed by atoms with van der Waals surface area (Å²) in [6.45, 7) is 0.266. The highest BCUT2D eigenvalue weighted by Gasteiger charge is 2.74. The number of likely N-dealkylation sites (tertiary alicyclic amines) is 1. The van der Waals surface area contributed by atoms with Gasteiger partial charge in [0.05, 0.1) is 6.04 Å². The molecule has 0 radical (unpaired) electrons. The number of aliphatic hydroxyl groups is 1. The zero-order valence-corrected chi connectivity index (χ0v) is 20.8. The van der Waals surface area contributed by atoms with Crippen molar-refractivity contribution >= 4 is 52.7 Å². The quantitative estimate of drug-likeness (QED) is 0.271. The van der Waals surface area contributed by atoms with Gasteiger partial charge in [0, 0.05) is 18.4 Å². The number of hydrogen-bond donors (Lipinski definition) is 4. The van der Waals surface area contributed by atoms with Crippen LogP contribution in [-0.4, -0.2) is 62.8 Å². The van der Waals surface area contributed by atoms with E-state index in [0.29, 0.717) is 12.3 Å². The van der Waals surface area contributed by atoms with Crippen molar-refractivity contribution in [3.63, 3.8) is 0 Å². The topological polar surface area (TPSA) is 125 Å². The number of carbonyl (C=O) groups is 3. The van der Waals surface area contributed by atoms with Gasteiger partial charge in [-0.1, -0.05) is 38.5 Å². The number of primary amides is 1. The third kappa shape index (κ3) is 4.96. The Morgan fingerprint density at radius 3 is 2.30 bits per heavy atom. The summed E-state index contributed by atoms with van der Waals surface area (Å²) in [5.41, 5.74) is 5.33. The molecule has 33 heavy (non-hydrogen) atoms. The number of nitrogens with one attached hydrogen (secondary N) is 2. The summed E-state index contributed by atoms with van der Waals surface area (Å²) in [6.07, 6.45) is 7.02. The van der Waals surface area contributed by atoms with Crippen LogP contribution in [0, 0.1) is 23.7 Å². The summed E-state index contributed by atoms with van der Waals surface area (Å²) in [5.74, 6) is -1.81. The van der Waals surface area contributed by atoms with E-state index in [2.05, 4.69) is 10.2 Å². The molecular formula is C22H33Cl3N4O4. The van der Waals surface area contributed by atoms with Gasteiger partial charge in [-0.15, -0.1) is 23.2 Å². The number of fused-ring (bicyclic) bond motifs is 1. The Kier molecular flexibility index (Phi) is 7.71. The molecule has 1 saturated heterocycles. The van der Waals surface area contributed by atoms with Crippen molar-refractivity contribution in [1.82, 2.24) is 15.1 Å². The fourth-order valence-electron chi connectivity index (χ4n) is 5.94. The van der Waals surface area contributed by atoms with Crippen LogP contribution in [0.25, 0.3) is 0 Å². The van der Waals surface area contributed by atoms with E-state index in [1.165, 1.54) is 4.90 Å². The highest BCUT2D eigenvalue weighted by Crippen LogP contribution is 2.65. The first-order chi connectivity index (χ1) is 15.7.